The molecule has 0 aromatic heterocycles. The zero-order valence-electron chi connectivity index (χ0n) is 11.8. The molecule has 0 saturated carbocycles. The minimum atomic E-state index is -0.877. The van der Waals surface area contributed by atoms with Crippen LogP contribution in [-0.4, -0.2) is 19.8 Å². The van der Waals surface area contributed by atoms with Crippen molar-refractivity contribution in [3.05, 3.63) is 65.7 Å². The third kappa shape index (κ3) is 4.05. The fourth-order valence-electron chi connectivity index (χ4n) is 1.97. The smallest absolute Gasteiger partial charge is 0.315 e. The van der Waals surface area contributed by atoms with E-state index in [0.717, 1.165) is 5.56 Å². The average molecular weight is 288 g/mol. The summed E-state index contributed by atoms with van der Waals surface area (Å²) in [5, 5.41) is 0. The number of hydrogen-bond donors (Lipinski definition) is 0. The first kappa shape index (κ1) is 15.0. The summed E-state index contributed by atoms with van der Waals surface area (Å²) in [5.41, 5.74) is 1.65. The number of carbonyl (C=O) groups is 1. The number of rotatable bonds is 6. The summed E-state index contributed by atoms with van der Waals surface area (Å²) in [5.74, 6) is -0.779. The molecule has 0 heterocycles. The van der Waals surface area contributed by atoms with Crippen LogP contribution in [0.1, 0.15) is 17.0 Å². The van der Waals surface area contributed by atoms with E-state index < -0.39 is 18.6 Å². The monoisotopic (exact) mass is 288 g/mol. The Morgan fingerprint density at radius 2 is 1.76 bits per heavy atom. The van der Waals surface area contributed by atoms with Gasteiger partial charge in [-0.05, 0) is 23.3 Å². The van der Waals surface area contributed by atoms with E-state index >= 15 is 0 Å². The van der Waals surface area contributed by atoms with Gasteiger partial charge in [0.05, 0.1) is 7.11 Å². The quantitative estimate of drug-likeness (QED) is 0.763. The first-order chi connectivity index (χ1) is 10.2. The lowest BCUT2D eigenvalue weighted by molar-refractivity contribution is -0.142. The van der Waals surface area contributed by atoms with E-state index in [0.29, 0.717) is 17.9 Å². The summed E-state index contributed by atoms with van der Waals surface area (Å²) in [6, 6.07) is 16.6. The molecular formula is C17H17FO3. The van der Waals surface area contributed by atoms with Crippen molar-refractivity contribution >= 4 is 5.97 Å². The predicted molar refractivity (Wildman–Crippen MR) is 77.9 cm³/mol. The normalized spacial score (nSPS) is 11.7. The molecule has 0 aliphatic rings. The van der Waals surface area contributed by atoms with E-state index in [1.54, 1.807) is 24.3 Å². The van der Waals surface area contributed by atoms with Crippen LogP contribution in [0.5, 0.6) is 5.75 Å². The van der Waals surface area contributed by atoms with Gasteiger partial charge in [-0.15, -0.1) is 0 Å². The summed E-state index contributed by atoms with van der Waals surface area (Å²) < 4.78 is 23.1. The molecule has 1 unspecified atom stereocenters. The molecule has 2 aromatic carbocycles. The molecule has 0 aliphatic carbocycles. The van der Waals surface area contributed by atoms with Crippen molar-refractivity contribution in [1.29, 1.82) is 0 Å². The largest absolute Gasteiger partial charge is 0.489 e. The van der Waals surface area contributed by atoms with Gasteiger partial charge in [0.15, 0.2) is 0 Å². The third-order valence-electron chi connectivity index (χ3n) is 3.17. The Bertz CT molecular complexity index is 566. The van der Waals surface area contributed by atoms with Crippen LogP contribution in [0, 0.1) is 0 Å². The summed E-state index contributed by atoms with van der Waals surface area (Å²) in [7, 11) is 1.25. The predicted octanol–water partition coefficient (Wildman–Crippen LogP) is 3.49. The number of hydrogen-bond acceptors (Lipinski definition) is 3. The van der Waals surface area contributed by atoms with E-state index in [1.165, 1.54) is 7.11 Å². The second kappa shape index (κ2) is 7.43. The molecule has 110 valence electrons. The lowest BCUT2D eigenvalue weighted by Gasteiger charge is -2.12. The van der Waals surface area contributed by atoms with Crippen LogP contribution in [0.3, 0.4) is 0 Å². The maximum Gasteiger partial charge on any atom is 0.315 e. The van der Waals surface area contributed by atoms with E-state index in [2.05, 4.69) is 4.74 Å². The van der Waals surface area contributed by atoms with Crippen molar-refractivity contribution in [3.8, 4) is 5.75 Å². The number of ether oxygens (including phenoxy) is 2. The highest BCUT2D eigenvalue weighted by Crippen LogP contribution is 2.22. The minimum Gasteiger partial charge on any atom is -0.489 e. The Balaban J connectivity index is 2.00. The molecular weight excluding hydrogens is 271 g/mol. The average Bonchev–Trinajstić information content (AvgIpc) is 2.55. The molecule has 0 amide bonds. The van der Waals surface area contributed by atoms with Crippen LogP contribution < -0.4 is 4.74 Å². The first-order valence-corrected chi connectivity index (χ1v) is 6.65. The number of benzene rings is 2. The molecule has 2 aromatic rings. The fourth-order valence-corrected chi connectivity index (χ4v) is 1.97. The van der Waals surface area contributed by atoms with Gasteiger partial charge in [-0.1, -0.05) is 42.5 Å². The highest BCUT2D eigenvalue weighted by atomic mass is 19.1. The van der Waals surface area contributed by atoms with Crippen LogP contribution in [0.15, 0.2) is 54.6 Å². The van der Waals surface area contributed by atoms with E-state index in [9.17, 15) is 9.18 Å². The van der Waals surface area contributed by atoms with Crippen LogP contribution in [0.25, 0.3) is 0 Å². The number of halogens is 1. The SMILES string of the molecule is COC(=O)C(CF)c1ccc(OCc2ccccc2)cc1. The molecule has 0 saturated heterocycles. The number of alkyl halides is 1. The molecule has 0 fully saturated rings. The lowest BCUT2D eigenvalue weighted by Crippen LogP contribution is -2.16. The van der Waals surface area contributed by atoms with Crippen molar-refractivity contribution in [3.63, 3.8) is 0 Å². The van der Waals surface area contributed by atoms with Crippen molar-refractivity contribution in [2.75, 3.05) is 13.8 Å². The summed E-state index contributed by atoms with van der Waals surface area (Å²) in [6.07, 6.45) is 0. The molecule has 0 N–H and O–H groups in total. The van der Waals surface area contributed by atoms with Crippen LogP contribution in [-0.2, 0) is 16.1 Å². The highest BCUT2D eigenvalue weighted by molar-refractivity contribution is 5.78. The maximum atomic E-state index is 12.9. The van der Waals surface area contributed by atoms with Crippen LogP contribution in [0.2, 0.25) is 0 Å². The number of methoxy groups -OCH3 is 1. The van der Waals surface area contributed by atoms with Gasteiger partial charge in [0.25, 0.3) is 0 Å². The Morgan fingerprint density at radius 1 is 1.10 bits per heavy atom. The Kier molecular flexibility index (Phi) is 5.32. The number of carbonyl (C=O) groups excluding carboxylic acids is 1. The maximum absolute atomic E-state index is 12.9. The zero-order chi connectivity index (χ0) is 15.1. The summed E-state index contributed by atoms with van der Waals surface area (Å²) in [4.78, 5) is 11.4. The van der Waals surface area contributed by atoms with Crippen LogP contribution >= 0.6 is 0 Å². The summed E-state index contributed by atoms with van der Waals surface area (Å²) in [6.45, 7) is -0.319. The molecule has 0 bridgehead atoms. The van der Waals surface area contributed by atoms with Gasteiger partial charge in [0.1, 0.15) is 24.9 Å². The second-order valence-electron chi connectivity index (χ2n) is 4.57. The molecule has 2 rings (SSSR count). The second-order valence-corrected chi connectivity index (χ2v) is 4.57. The first-order valence-electron chi connectivity index (χ1n) is 6.65. The van der Waals surface area contributed by atoms with Gasteiger partial charge in [0.2, 0.25) is 0 Å². The van der Waals surface area contributed by atoms with Gasteiger partial charge in [-0.2, -0.15) is 0 Å². The fraction of sp³-hybridized carbons (Fsp3) is 0.235. The summed E-state index contributed by atoms with van der Waals surface area (Å²) >= 11 is 0. The van der Waals surface area contributed by atoms with Crippen molar-refractivity contribution < 1.29 is 18.7 Å². The Morgan fingerprint density at radius 3 is 2.33 bits per heavy atom. The number of esters is 1. The molecule has 0 radical (unpaired) electrons. The Hall–Kier alpha value is -2.36. The highest BCUT2D eigenvalue weighted by Gasteiger charge is 2.21. The molecule has 0 spiro atoms. The van der Waals surface area contributed by atoms with Gasteiger partial charge in [0, 0.05) is 0 Å². The van der Waals surface area contributed by atoms with E-state index in [-0.39, 0.29) is 0 Å². The van der Waals surface area contributed by atoms with E-state index in [1.807, 2.05) is 30.3 Å². The van der Waals surface area contributed by atoms with Gasteiger partial charge < -0.3 is 9.47 Å². The van der Waals surface area contributed by atoms with E-state index in [4.69, 9.17) is 4.74 Å². The van der Waals surface area contributed by atoms with Crippen molar-refractivity contribution in [1.82, 2.24) is 0 Å². The zero-order valence-corrected chi connectivity index (χ0v) is 11.8. The molecule has 1 atom stereocenters. The molecule has 4 heteroatoms. The van der Waals surface area contributed by atoms with Gasteiger partial charge in [-0.25, -0.2) is 4.39 Å². The van der Waals surface area contributed by atoms with Crippen molar-refractivity contribution in [2.45, 2.75) is 12.5 Å². The van der Waals surface area contributed by atoms with Crippen molar-refractivity contribution in [2.24, 2.45) is 0 Å². The standard InChI is InChI=1S/C17H17FO3/c1-20-17(19)16(11-18)14-7-9-15(10-8-14)21-12-13-5-3-2-4-6-13/h2-10,16H,11-12H2,1H3. The molecule has 21 heavy (non-hydrogen) atoms. The van der Waals surface area contributed by atoms with Gasteiger partial charge >= 0.3 is 5.97 Å². The molecule has 0 aliphatic heterocycles. The topological polar surface area (TPSA) is 35.5 Å². The third-order valence-corrected chi connectivity index (χ3v) is 3.17. The van der Waals surface area contributed by atoms with Gasteiger partial charge in [-0.3, -0.25) is 4.79 Å². The van der Waals surface area contributed by atoms with Crippen LogP contribution in [0.4, 0.5) is 4.39 Å². The lowest BCUT2D eigenvalue weighted by atomic mass is 10.0. The minimum absolute atomic E-state index is 0.462. The Labute approximate surface area is 123 Å². The molecule has 3 nitrogen and oxygen atoms in total.